The van der Waals surface area contributed by atoms with Crippen molar-refractivity contribution < 1.29 is 4.84 Å². The molecule has 2 N–H and O–H groups in total. The van der Waals surface area contributed by atoms with E-state index < -0.39 is 0 Å². The molecule has 10 heavy (non-hydrogen) atoms. The van der Waals surface area contributed by atoms with Gasteiger partial charge in [0, 0.05) is 5.38 Å². The Kier molecular flexibility index (Phi) is 3.29. The van der Waals surface area contributed by atoms with Crippen molar-refractivity contribution in [1.29, 1.82) is 0 Å². The smallest absolute Gasteiger partial charge is 0.130 e. The molecule has 2 heterocycles. The van der Waals surface area contributed by atoms with Gasteiger partial charge in [0.25, 0.3) is 0 Å². The van der Waals surface area contributed by atoms with Gasteiger partial charge < -0.3 is 4.84 Å². The number of aromatic nitrogens is 2. The van der Waals surface area contributed by atoms with Gasteiger partial charge in [0.2, 0.25) is 0 Å². The van der Waals surface area contributed by atoms with E-state index in [1.54, 1.807) is 12.4 Å². The van der Waals surface area contributed by atoms with E-state index in [2.05, 4.69) is 25.4 Å². The van der Waals surface area contributed by atoms with Crippen molar-refractivity contribution in [1.82, 2.24) is 20.6 Å². The van der Waals surface area contributed by atoms with E-state index >= 15 is 0 Å². The van der Waals surface area contributed by atoms with Crippen molar-refractivity contribution in [3.8, 4) is 0 Å². The Balaban J connectivity index is 0.0000001000. The fourth-order valence-electron chi connectivity index (χ4n) is 0.306. The van der Waals surface area contributed by atoms with Crippen molar-refractivity contribution in [3.05, 3.63) is 24.0 Å². The zero-order valence-electron chi connectivity index (χ0n) is 5.02. The summed E-state index contributed by atoms with van der Waals surface area (Å²) in [6.07, 6.45) is 4.82. The maximum absolute atomic E-state index is 4.40. The van der Waals surface area contributed by atoms with Gasteiger partial charge in [0.05, 0.1) is 12.4 Å². The predicted octanol–water partition coefficient (Wildman–Crippen LogP) is 0.0351. The Morgan fingerprint density at radius 3 is 2.70 bits per heavy atom. The number of rotatable bonds is 0. The molecule has 0 fully saturated rings. The molecule has 0 atom stereocenters. The van der Waals surface area contributed by atoms with Gasteiger partial charge in [0.1, 0.15) is 6.26 Å². The Hall–Kier alpha value is -1.14. The molecule has 0 aliphatic carbocycles. The number of nitrogens with one attached hydrogen (secondary N) is 2. The third kappa shape index (κ3) is 3.00. The van der Waals surface area contributed by atoms with Gasteiger partial charge in [0.15, 0.2) is 0 Å². The zero-order valence-corrected chi connectivity index (χ0v) is 5.84. The average Bonchev–Trinajstić information content (AvgIpc) is 2.67. The number of hydrazine groups is 1. The molecular weight excluding hydrogens is 152 g/mol. The second kappa shape index (κ2) is 4.71. The molecule has 5 nitrogen and oxygen atoms in total. The molecule has 6 heteroatoms. The van der Waals surface area contributed by atoms with Crippen LogP contribution < -0.4 is 11.0 Å². The average molecular weight is 158 g/mol. The fraction of sp³-hybridized carbons (Fsp3) is 0. The summed E-state index contributed by atoms with van der Waals surface area (Å²) in [6.45, 7) is 0. The molecule has 0 radical (unpaired) electrons. The lowest BCUT2D eigenvalue weighted by Gasteiger charge is -1.85. The van der Waals surface area contributed by atoms with Gasteiger partial charge in [-0.25, -0.2) is 0 Å². The molecule has 54 valence electrons. The van der Waals surface area contributed by atoms with Gasteiger partial charge in [-0.3, -0.25) is 5.43 Å². The summed E-state index contributed by atoms with van der Waals surface area (Å²) in [5.41, 5.74) is 4.93. The number of hydrogen-bond acceptors (Lipinski definition) is 6. The zero-order chi connectivity index (χ0) is 7.07. The van der Waals surface area contributed by atoms with E-state index in [0.29, 0.717) is 0 Å². The van der Waals surface area contributed by atoms with Gasteiger partial charge in [-0.2, -0.15) is 0 Å². The maximum atomic E-state index is 4.40. The van der Waals surface area contributed by atoms with Crippen LogP contribution >= 0.6 is 11.5 Å². The monoisotopic (exact) mass is 158 g/mol. The molecule has 1 aliphatic rings. The summed E-state index contributed by atoms with van der Waals surface area (Å²) in [6, 6.07) is 0. The Labute approximate surface area is 61.8 Å². The van der Waals surface area contributed by atoms with Crippen LogP contribution in [0.25, 0.3) is 0 Å². The number of hydrogen-bond donors (Lipinski definition) is 2. The van der Waals surface area contributed by atoms with E-state index in [1.807, 2.05) is 5.38 Å². The summed E-state index contributed by atoms with van der Waals surface area (Å²) in [5.74, 6) is 0. The minimum atomic E-state index is 1.35. The predicted molar refractivity (Wildman–Crippen MR) is 36.4 cm³/mol. The summed E-state index contributed by atoms with van der Waals surface area (Å²) < 4.78 is 3.51. The summed E-state index contributed by atoms with van der Waals surface area (Å²) in [7, 11) is 0. The first-order valence-electron chi connectivity index (χ1n) is 2.52. The maximum Gasteiger partial charge on any atom is 0.130 e. The minimum Gasteiger partial charge on any atom is -0.395 e. The molecule has 0 aromatic carbocycles. The molecule has 1 aromatic rings. The molecule has 0 unspecified atom stereocenters. The molecular formula is C4H6N4OS. The van der Waals surface area contributed by atoms with E-state index in [-0.39, 0.29) is 0 Å². The third-order valence-electron chi connectivity index (χ3n) is 0.620. The lowest BCUT2D eigenvalue weighted by Crippen LogP contribution is -2.17. The fourth-order valence-corrected chi connectivity index (χ4v) is 0.578. The van der Waals surface area contributed by atoms with E-state index in [1.165, 1.54) is 17.8 Å². The van der Waals surface area contributed by atoms with Crippen molar-refractivity contribution >= 4 is 11.5 Å². The standard InChI is InChI=1S/C2H4N2O.C2H2N2S/c2*1-2-5-4-3-1/h1-4H;1-2H. The normalized spacial score (nSPS) is 12.8. The molecule has 2 rings (SSSR count). The minimum absolute atomic E-state index is 1.35. The van der Waals surface area contributed by atoms with Crippen LogP contribution in [0.1, 0.15) is 0 Å². The van der Waals surface area contributed by atoms with E-state index in [4.69, 9.17) is 0 Å². The van der Waals surface area contributed by atoms with Crippen molar-refractivity contribution in [2.24, 2.45) is 0 Å². The van der Waals surface area contributed by atoms with Crippen molar-refractivity contribution in [2.45, 2.75) is 0 Å². The molecule has 0 spiro atoms. The van der Waals surface area contributed by atoms with Crippen LogP contribution in [0, 0.1) is 0 Å². The van der Waals surface area contributed by atoms with Crippen molar-refractivity contribution in [2.75, 3.05) is 0 Å². The van der Waals surface area contributed by atoms with Crippen molar-refractivity contribution in [3.63, 3.8) is 0 Å². The van der Waals surface area contributed by atoms with E-state index in [0.717, 1.165) is 0 Å². The Bertz CT molecular complexity index is 152. The SMILES string of the molecule is C1=CONN1.c1csnn1. The molecule has 0 bridgehead atoms. The summed E-state index contributed by atoms with van der Waals surface area (Å²) in [4.78, 5) is 4.40. The topological polar surface area (TPSA) is 59.1 Å². The lowest BCUT2D eigenvalue weighted by atomic mass is 11.0. The van der Waals surface area contributed by atoms with Crippen LogP contribution in [-0.2, 0) is 4.84 Å². The molecule has 0 amide bonds. The number of nitrogens with zero attached hydrogens (tertiary/aromatic N) is 2. The molecule has 0 saturated carbocycles. The highest BCUT2D eigenvalue weighted by Gasteiger charge is 1.77. The van der Waals surface area contributed by atoms with Gasteiger partial charge in [-0.15, -0.1) is 5.10 Å². The molecule has 1 aromatic heterocycles. The van der Waals surface area contributed by atoms with Gasteiger partial charge >= 0.3 is 0 Å². The van der Waals surface area contributed by atoms with Crippen LogP contribution in [-0.4, -0.2) is 9.59 Å². The second-order valence-electron chi connectivity index (χ2n) is 1.25. The van der Waals surface area contributed by atoms with Crippen LogP contribution in [0.4, 0.5) is 0 Å². The molecule has 0 saturated heterocycles. The highest BCUT2D eigenvalue weighted by molar-refractivity contribution is 7.03. The highest BCUT2D eigenvalue weighted by atomic mass is 32.1. The first-order chi connectivity index (χ1) is 5.00. The first-order valence-corrected chi connectivity index (χ1v) is 3.36. The third-order valence-corrected chi connectivity index (χ3v) is 1.05. The van der Waals surface area contributed by atoms with Crippen LogP contribution in [0.5, 0.6) is 0 Å². The molecule has 1 aliphatic heterocycles. The van der Waals surface area contributed by atoms with Crippen LogP contribution in [0.3, 0.4) is 0 Å². The van der Waals surface area contributed by atoms with Gasteiger partial charge in [-0.1, -0.05) is 10.1 Å². The Morgan fingerprint density at radius 1 is 1.50 bits per heavy atom. The van der Waals surface area contributed by atoms with E-state index in [9.17, 15) is 0 Å². The first kappa shape index (κ1) is 6.97. The highest BCUT2D eigenvalue weighted by Crippen LogP contribution is 1.78. The quantitative estimate of drug-likeness (QED) is 0.558. The van der Waals surface area contributed by atoms with Crippen LogP contribution in [0.15, 0.2) is 24.0 Å². The second-order valence-corrected chi connectivity index (χ2v) is 1.90. The van der Waals surface area contributed by atoms with Crippen LogP contribution in [0.2, 0.25) is 0 Å². The lowest BCUT2D eigenvalue weighted by molar-refractivity contribution is 0.137. The summed E-state index contributed by atoms with van der Waals surface area (Å²) in [5, 5.41) is 5.31. The summed E-state index contributed by atoms with van der Waals surface area (Å²) >= 11 is 1.35. The Morgan fingerprint density at radius 2 is 2.50 bits per heavy atom. The largest absolute Gasteiger partial charge is 0.395 e. The van der Waals surface area contributed by atoms with Gasteiger partial charge in [-0.05, 0) is 11.5 Å².